The highest BCUT2D eigenvalue weighted by Crippen LogP contribution is 2.35. The number of urea groups is 1. The fourth-order valence-corrected chi connectivity index (χ4v) is 3.64. The summed E-state index contributed by atoms with van der Waals surface area (Å²) in [5.41, 5.74) is -0.750. The van der Waals surface area contributed by atoms with Crippen LogP contribution in [0.15, 0.2) is 0 Å². The van der Waals surface area contributed by atoms with Crippen LogP contribution in [0.4, 0.5) is 4.79 Å². The van der Waals surface area contributed by atoms with Crippen molar-refractivity contribution in [2.75, 3.05) is 13.1 Å². The molecule has 0 atom stereocenters. The van der Waals surface area contributed by atoms with Gasteiger partial charge in [0.15, 0.2) is 0 Å². The van der Waals surface area contributed by atoms with E-state index in [2.05, 4.69) is 10.6 Å². The van der Waals surface area contributed by atoms with E-state index in [0.717, 1.165) is 19.3 Å². The maximum atomic E-state index is 11.9. The van der Waals surface area contributed by atoms with Crippen molar-refractivity contribution in [2.45, 2.75) is 64.2 Å². The molecule has 0 aliphatic heterocycles. The van der Waals surface area contributed by atoms with E-state index in [-0.39, 0.29) is 12.6 Å². The van der Waals surface area contributed by atoms with Gasteiger partial charge in [-0.2, -0.15) is 0 Å². The summed E-state index contributed by atoms with van der Waals surface area (Å²) in [4.78, 5) is 23.4. The van der Waals surface area contributed by atoms with Crippen molar-refractivity contribution in [3.8, 4) is 0 Å². The minimum atomic E-state index is -0.769. The summed E-state index contributed by atoms with van der Waals surface area (Å²) in [6.07, 6.45) is 10.5. The normalized spacial score (nSPS) is 22.5. The quantitative estimate of drug-likeness (QED) is 0.730. The minimum Gasteiger partial charge on any atom is -0.481 e. The van der Waals surface area contributed by atoms with Crippen LogP contribution in [0.5, 0.6) is 0 Å². The summed E-state index contributed by atoms with van der Waals surface area (Å²) < 4.78 is 0. The number of carboxylic acids is 1. The zero-order chi connectivity index (χ0) is 15.1. The van der Waals surface area contributed by atoms with Crippen LogP contribution in [0.1, 0.15) is 64.2 Å². The number of aliphatic carboxylic acids is 1. The molecule has 5 nitrogen and oxygen atoms in total. The molecule has 0 aromatic carbocycles. The number of amides is 2. The summed E-state index contributed by atoms with van der Waals surface area (Å²) >= 11 is 0. The van der Waals surface area contributed by atoms with E-state index in [4.69, 9.17) is 0 Å². The minimum absolute atomic E-state index is 0.216. The number of carboxylic acid groups (broad SMARTS) is 1. The van der Waals surface area contributed by atoms with Crippen LogP contribution in [0, 0.1) is 11.3 Å². The summed E-state index contributed by atoms with van der Waals surface area (Å²) in [6.45, 7) is 0.963. The first-order chi connectivity index (χ1) is 10.1. The Morgan fingerprint density at radius 3 is 2.19 bits per heavy atom. The second kappa shape index (κ2) is 7.66. The summed E-state index contributed by atoms with van der Waals surface area (Å²) in [7, 11) is 0. The molecular weight excluding hydrogens is 268 g/mol. The van der Waals surface area contributed by atoms with Gasteiger partial charge in [-0.05, 0) is 31.6 Å². The van der Waals surface area contributed by atoms with Crippen molar-refractivity contribution in [1.29, 1.82) is 0 Å². The molecular formula is C16H28N2O3. The van der Waals surface area contributed by atoms with Crippen LogP contribution in [0.25, 0.3) is 0 Å². The monoisotopic (exact) mass is 296 g/mol. The van der Waals surface area contributed by atoms with E-state index < -0.39 is 11.4 Å². The van der Waals surface area contributed by atoms with Crippen LogP contribution in [-0.2, 0) is 4.79 Å². The first kappa shape index (κ1) is 16.1. The lowest BCUT2D eigenvalue weighted by Gasteiger charge is -2.33. The van der Waals surface area contributed by atoms with Crippen LogP contribution in [0.3, 0.4) is 0 Å². The third-order valence-electron chi connectivity index (χ3n) is 5.13. The van der Waals surface area contributed by atoms with Crippen molar-refractivity contribution in [1.82, 2.24) is 10.6 Å². The first-order valence-corrected chi connectivity index (χ1v) is 8.37. The third-order valence-corrected chi connectivity index (χ3v) is 5.13. The number of carbonyl (C=O) groups is 2. The van der Waals surface area contributed by atoms with Gasteiger partial charge in [-0.1, -0.05) is 38.5 Å². The molecule has 0 aromatic heterocycles. The average Bonchev–Trinajstić information content (AvgIpc) is 2.52. The smallest absolute Gasteiger partial charge is 0.314 e. The highest BCUT2D eigenvalue weighted by molar-refractivity contribution is 5.78. The standard InChI is InChI=1S/C16H28N2O3/c19-14(20)16(9-5-2-6-10-16)12-18-15(21)17-11-13-7-3-1-4-8-13/h13H,1-12H2,(H,19,20)(H2,17,18,21). The second-order valence-corrected chi connectivity index (χ2v) is 6.71. The summed E-state index contributed by atoms with van der Waals surface area (Å²) in [5, 5.41) is 15.2. The predicted molar refractivity (Wildman–Crippen MR) is 81.1 cm³/mol. The average molecular weight is 296 g/mol. The number of carbonyl (C=O) groups excluding carboxylic acids is 1. The summed E-state index contributed by atoms with van der Waals surface area (Å²) in [6, 6.07) is -0.216. The second-order valence-electron chi connectivity index (χ2n) is 6.71. The Hall–Kier alpha value is -1.26. The molecule has 2 amide bonds. The van der Waals surface area contributed by atoms with Crippen LogP contribution >= 0.6 is 0 Å². The molecule has 5 heteroatoms. The molecule has 0 saturated heterocycles. The molecule has 0 unspecified atom stereocenters. The molecule has 2 aliphatic carbocycles. The Morgan fingerprint density at radius 1 is 0.952 bits per heavy atom. The maximum absolute atomic E-state index is 11.9. The van der Waals surface area contributed by atoms with Crippen LogP contribution in [-0.4, -0.2) is 30.2 Å². The van der Waals surface area contributed by atoms with Gasteiger partial charge in [0.2, 0.25) is 0 Å². The van der Waals surface area contributed by atoms with E-state index in [0.29, 0.717) is 25.3 Å². The van der Waals surface area contributed by atoms with E-state index in [1.807, 2.05) is 0 Å². The molecule has 2 saturated carbocycles. The van der Waals surface area contributed by atoms with Gasteiger partial charge in [0.1, 0.15) is 0 Å². The lowest BCUT2D eigenvalue weighted by molar-refractivity contribution is -0.150. The highest BCUT2D eigenvalue weighted by atomic mass is 16.4. The Kier molecular flexibility index (Phi) is 5.88. The van der Waals surface area contributed by atoms with Gasteiger partial charge in [0.25, 0.3) is 0 Å². The molecule has 2 rings (SSSR count). The Morgan fingerprint density at radius 2 is 1.57 bits per heavy atom. The van der Waals surface area contributed by atoms with Crippen molar-refractivity contribution >= 4 is 12.0 Å². The molecule has 0 spiro atoms. The zero-order valence-corrected chi connectivity index (χ0v) is 12.8. The Balaban J connectivity index is 1.72. The van der Waals surface area contributed by atoms with Gasteiger partial charge in [-0.25, -0.2) is 4.79 Å². The van der Waals surface area contributed by atoms with E-state index in [1.165, 1.54) is 32.1 Å². The molecule has 0 radical (unpaired) electrons. The Labute approximate surface area is 126 Å². The van der Waals surface area contributed by atoms with Gasteiger partial charge in [0.05, 0.1) is 5.41 Å². The third kappa shape index (κ3) is 4.61. The lowest BCUT2D eigenvalue weighted by atomic mass is 9.74. The van der Waals surface area contributed by atoms with Gasteiger partial charge >= 0.3 is 12.0 Å². The SMILES string of the molecule is O=C(NCC1CCCCC1)NCC1(C(=O)O)CCCCC1. The fourth-order valence-electron chi connectivity index (χ4n) is 3.64. The van der Waals surface area contributed by atoms with Gasteiger partial charge in [-0.15, -0.1) is 0 Å². The summed E-state index contributed by atoms with van der Waals surface area (Å²) in [5.74, 6) is -0.178. The Bertz CT molecular complexity index is 359. The molecule has 0 aromatic rings. The van der Waals surface area contributed by atoms with Crippen LogP contribution < -0.4 is 10.6 Å². The molecule has 3 N–H and O–H groups in total. The maximum Gasteiger partial charge on any atom is 0.314 e. The van der Waals surface area contributed by atoms with E-state index >= 15 is 0 Å². The number of nitrogens with one attached hydrogen (secondary N) is 2. The van der Waals surface area contributed by atoms with Crippen molar-refractivity contribution in [3.63, 3.8) is 0 Å². The van der Waals surface area contributed by atoms with Gasteiger partial charge in [-0.3, -0.25) is 4.79 Å². The van der Waals surface area contributed by atoms with Gasteiger partial charge in [0, 0.05) is 13.1 Å². The molecule has 0 heterocycles. The van der Waals surface area contributed by atoms with Crippen LogP contribution in [0.2, 0.25) is 0 Å². The van der Waals surface area contributed by atoms with Gasteiger partial charge < -0.3 is 15.7 Å². The lowest BCUT2D eigenvalue weighted by Crippen LogP contribution is -2.47. The topological polar surface area (TPSA) is 78.4 Å². The van der Waals surface area contributed by atoms with Crippen molar-refractivity contribution in [3.05, 3.63) is 0 Å². The molecule has 0 bridgehead atoms. The van der Waals surface area contributed by atoms with Crippen molar-refractivity contribution in [2.24, 2.45) is 11.3 Å². The number of rotatable bonds is 5. The molecule has 21 heavy (non-hydrogen) atoms. The fraction of sp³-hybridized carbons (Fsp3) is 0.875. The molecule has 120 valence electrons. The molecule has 2 fully saturated rings. The predicted octanol–water partition coefficient (Wildman–Crippen LogP) is 2.90. The largest absolute Gasteiger partial charge is 0.481 e. The molecule has 2 aliphatic rings. The number of hydrogen-bond acceptors (Lipinski definition) is 2. The number of hydrogen-bond donors (Lipinski definition) is 3. The zero-order valence-electron chi connectivity index (χ0n) is 12.8. The van der Waals surface area contributed by atoms with Crippen molar-refractivity contribution < 1.29 is 14.7 Å². The first-order valence-electron chi connectivity index (χ1n) is 8.37. The van der Waals surface area contributed by atoms with E-state index in [9.17, 15) is 14.7 Å². The highest BCUT2D eigenvalue weighted by Gasteiger charge is 2.39. The van der Waals surface area contributed by atoms with E-state index in [1.54, 1.807) is 0 Å².